The maximum atomic E-state index is 10.7. The van der Waals surface area contributed by atoms with Gasteiger partial charge in [-0.3, -0.25) is 4.90 Å². The Balaban J connectivity index is 1.80. The van der Waals surface area contributed by atoms with Crippen molar-refractivity contribution >= 4 is 0 Å². The van der Waals surface area contributed by atoms with Crippen LogP contribution in [0.25, 0.3) is 0 Å². The lowest BCUT2D eigenvalue weighted by Crippen LogP contribution is -2.53. The molecule has 1 saturated heterocycles. The van der Waals surface area contributed by atoms with E-state index >= 15 is 0 Å². The second kappa shape index (κ2) is 8.35. The van der Waals surface area contributed by atoms with Gasteiger partial charge in [0.15, 0.2) is 11.5 Å². The van der Waals surface area contributed by atoms with Crippen molar-refractivity contribution in [3.8, 4) is 11.5 Å². The van der Waals surface area contributed by atoms with Crippen LogP contribution in [0.3, 0.4) is 0 Å². The Bertz CT molecular complexity index is 642. The maximum absolute atomic E-state index is 10.7. The minimum absolute atomic E-state index is 0.152. The zero-order valence-electron chi connectivity index (χ0n) is 17.2. The van der Waals surface area contributed by atoms with Gasteiger partial charge in [0.05, 0.1) is 31.5 Å². The van der Waals surface area contributed by atoms with Crippen molar-refractivity contribution in [3.05, 3.63) is 23.3 Å². The number of hydrogen-bond acceptors (Lipinski definition) is 6. The Morgan fingerprint density at radius 1 is 1.15 bits per heavy atom. The standard InChI is InChI=1S/C21H33NO5/c1-21(2,3)27-20-13-22-7-6-14-10-19(26-9-8-24-4)18(25-5)11-15(14)16(22)12-17(20)23/h10-11,16-17,20,23H,6-9,12-13H2,1-5H3/t16-,17-,20-/m1/s1. The Kier molecular flexibility index (Phi) is 6.31. The highest BCUT2D eigenvalue weighted by molar-refractivity contribution is 5.49. The minimum atomic E-state index is -0.472. The fourth-order valence-corrected chi connectivity index (χ4v) is 4.07. The predicted octanol–water partition coefficient (Wildman–Crippen LogP) is 2.57. The van der Waals surface area contributed by atoms with E-state index in [0.717, 1.165) is 31.0 Å². The van der Waals surface area contributed by atoms with Gasteiger partial charge in [-0.2, -0.15) is 0 Å². The first kappa shape index (κ1) is 20.4. The highest BCUT2D eigenvalue weighted by atomic mass is 16.5. The number of methoxy groups -OCH3 is 2. The number of benzene rings is 1. The van der Waals surface area contributed by atoms with E-state index in [0.29, 0.717) is 19.6 Å². The van der Waals surface area contributed by atoms with E-state index < -0.39 is 6.10 Å². The molecule has 0 saturated carbocycles. The largest absolute Gasteiger partial charge is 0.493 e. The topological polar surface area (TPSA) is 60.4 Å². The van der Waals surface area contributed by atoms with Crippen LogP contribution in [-0.2, 0) is 15.9 Å². The van der Waals surface area contributed by atoms with Gasteiger partial charge in [-0.25, -0.2) is 0 Å². The van der Waals surface area contributed by atoms with Crippen molar-refractivity contribution in [2.75, 3.05) is 40.5 Å². The maximum Gasteiger partial charge on any atom is 0.161 e. The third kappa shape index (κ3) is 4.74. The van der Waals surface area contributed by atoms with E-state index in [1.54, 1.807) is 14.2 Å². The molecule has 0 aromatic heterocycles. The molecule has 2 aliphatic heterocycles. The van der Waals surface area contributed by atoms with Crippen molar-refractivity contribution in [1.29, 1.82) is 0 Å². The summed E-state index contributed by atoms with van der Waals surface area (Å²) in [6.45, 7) is 8.84. The quantitative estimate of drug-likeness (QED) is 0.767. The second-order valence-electron chi connectivity index (χ2n) is 8.38. The fourth-order valence-electron chi connectivity index (χ4n) is 4.07. The average molecular weight is 379 g/mol. The first-order valence-corrected chi connectivity index (χ1v) is 9.75. The molecule has 6 nitrogen and oxygen atoms in total. The van der Waals surface area contributed by atoms with Crippen LogP contribution in [0.4, 0.5) is 0 Å². The summed E-state index contributed by atoms with van der Waals surface area (Å²) in [5.41, 5.74) is 2.24. The van der Waals surface area contributed by atoms with E-state index in [-0.39, 0.29) is 17.7 Å². The van der Waals surface area contributed by atoms with E-state index in [2.05, 4.69) is 17.0 Å². The number of ether oxygens (including phenoxy) is 4. The smallest absolute Gasteiger partial charge is 0.161 e. The summed E-state index contributed by atoms with van der Waals surface area (Å²) in [6.07, 6.45) is 0.997. The fraction of sp³-hybridized carbons (Fsp3) is 0.714. The van der Waals surface area contributed by atoms with Gasteiger partial charge in [-0.15, -0.1) is 0 Å². The number of nitrogens with zero attached hydrogens (tertiary/aromatic N) is 1. The molecule has 3 atom stereocenters. The Hall–Kier alpha value is -1.34. The molecule has 2 heterocycles. The average Bonchev–Trinajstić information content (AvgIpc) is 2.61. The van der Waals surface area contributed by atoms with Crippen LogP contribution in [0.2, 0.25) is 0 Å². The summed E-state index contributed by atoms with van der Waals surface area (Å²) in [4.78, 5) is 2.43. The molecule has 1 N–H and O–H groups in total. The molecule has 3 rings (SSSR count). The van der Waals surface area contributed by atoms with Crippen molar-refractivity contribution in [2.24, 2.45) is 0 Å². The lowest BCUT2D eigenvalue weighted by Gasteiger charge is -2.46. The van der Waals surface area contributed by atoms with E-state index in [9.17, 15) is 5.11 Å². The van der Waals surface area contributed by atoms with Crippen LogP contribution in [0.1, 0.15) is 44.4 Å². The van der Waals surface area contributed by atoms with Gasteiger partial charge in [-0.1, -0.05) is 0 Å². The third-order valence-corrected chi connectivity index (χ3v) is 5.25. The summed E-state index contributed by atoms with van der Waals surface area (Å²) in [5.74, 6) is 1.49. The van der Waals surface area contributed by atoms with Crippen molar-refractivity contribution in [1.82, 2.24) is 4.90 Å². The van der Waals surface area contributed by atoms with Gasteiger partial charge >= 0.3 is 0 Å². The molecule has 2 aliphatic rings. The molecule has 1 fully saturated rings. The molecule has 1 aromatic rings. The first-order chi connectivity index (χ1) is 12.8. The summed E-state index contributed by atoms with van der Waals surface area (Å²) >= 11 is 0. The van der Waals surface area contributed by atoms with Gasteiger partial charge in [0.2, 0.25) is 0 Å². The number of aliphatic hydroxyl groups excluding tert-OH is 1. The molecule has 1 aromatic carbocycles. The highest BCUT2D eigenvalue weighted by Crippen LogP contribution is 2.42. The molecule has 152 valence electrons. The van der Waals surface area contributed by atoms with E-state index in [1.165, 1.54) is 11.1 Å². The molecular formula is C21H33NO5. The number of aliphatic hydroxyl groups is 1. The number of rotatable bonds is 6. The van der Waals surface area contributed by atoms with Gasteiger partial charge < -0.3 is 24.1 Å². The molecule has 27 heavy (non-hydrogen) atoms. The first-order valence-electron chi connectivity index (χ1n) is 9.75. The van der Waals surface area contributed by atoms with Crippen LogP contribution in [0, 0.1) is 0 Å². The molecule has 0 bridgehead atoms. The number of hydrogen-bond donors (Lipinski definition) is 1. The van der Waals surface area contributed by atoms with Crippen molar-refractivity contribution in [2.45, 2.75) is 57.5 Å². The summed E-state index contributed by atoms with van der Waals surface area (Å²) < 4.78 is 22.6. The van der Waals surface area contributed by atoms with Crippen LogP contribution < -0.4 is 9.47 Å². The Labute approximate surface area is 162 Å². The van der Waals surface area contributed by atoms with Gasteiger partial charge in [0, 0.05) is 26.2 Å². The van der Waals surface area contributed by atoms with Gasteiger partial charge in [0.1, 0.15) is 6.61 Å². The lowest BCUT2D eigenvalue weighted by atomic mass is 9.84. The predicted molar refractivity (Wildman–Crippen MR) is 104 cm³/mol. The van der Waals surface area contributed by atoms with Crippen LogP contribution in [0.15, 0.2) is 12.1 Å². The number of piperidine rings is 1. The molecule has 0 radical (unpaired) electrons. The van der Waals surface area contributed by atoms with Gasteiger partial charge in [-0.05, 0) is 56.9 Å². The minimum Gasteiger partial charge on any atom is -0.493 e. The Morgan fingerprint density at radius 2 is 1.93 bits per heavy atom. The summed E-state index contributed by atoms with van der Waals surface area (Å²) in [6, 6.07) is 4.35. The second-order valence-corrected chi connectivity index (χ2v) is 8.38. The van der Waals surface area contributed by atoms with E-state index in [1.807, 2.05) is 20.8 Å². The SMILES string of the molecule is COCCOc1cc2c(cc1OC)[C@H]1C[C@@H](O)[C@H](OC(C)(C)C)CN1CC2. The lowest BCUT2D eigenvalue weighted by molar-refractivity contribution is -0.149. The Morgan fingerprint density at radius 3 is 2.59 bits per heavy atom. The highest BCUT2D eigenvalue weighted by Gasteiger charge is 2.40. The zero-order chi connectivity index (χ0) is 19.6. The number of fused-ring (bicyclic) bond motifs is 3. The molecule has 6 heteroatoms. The summed E-state index contributed by atoms with van der Waals surface area (Å²) in [7, 11) is 3.32. The normalized spacial score (nSPS) is 25.6. The summed E-state index contributed by atoms with van der Waals surface area (Å²) in [5, 5.41) is 10.7. The van der Waals surface area contributed by atoms with E-state index in [4.69, 9.17) is 18.9 Å². The molecular weight excluding hydrogens is 346 g/mol. The molecule has 0 unspecified atom stereocenters. The van der Waals surface area contributed by atoms with Crippen molar-refractivity contribution in [3.63, 3.8) is 0 Å². The van der Waals surface area contributed by atoms with Crippen LogP contribution in [-0.4, -0.2) is 68.3 Å². The van der Waals surface area contributed by atoms with Crippen molar-refractivity contribution < 1.29 is 24.1 Å². The van der Waals surface area contributed by atoms with Gasteiger partial charge in [0.25, 0.3) is 0 Å². The third-order valence-electron chi connectivity index (χ3n) is 5.25. The molecule has 0 amide bonds. The molecule has 0 spiro atoms. The monoisotopic (exact) mass is 379 g/mol. The van der Waals surface area contributed by atoms with Crippen LogP contribution >= 0.6 is 0 Å². The van der Waals surface area contributed by atoms with Crippen LogP contribution in [0.5, 0.6) is 11.5 Å². The molecule has 0 aliphatic carbocycles. The zero-order valence-corrected chi connectivity index (χ0v) is 17.2.